The van der Waals surface area contributed by atoms with Crippen LogP contribution < -0.4 is 4.74 Å². The van der Waals surface area contributed by atoms with Crippen molar-refractivity contribution in [3.63, 3.8) is 0 Å². The van der Waals surface area contributed by atoms with E-state index in [0.717, 1.165) is 5.75 Å². The zero-order valence-corrected chi connectivity index (χ0v) is 12.3. The Morgan fingerprint density at radius 2 is 1.45 bits per heavy atom. The Morgan fingerprint density at radius 3 is 1.91 bits per heavy atom. The van der Waals surface area contributed by atoms with Crippen LogP contribution in [0, 0.1) is 0 Å². The van der Waals surface area contributed by atoms with Crippen molar-refractivity contribution in [1.82, 2.24) is 0 Å². The number of carbonyl (C=O) groups is 2. The predicted molar refractivity (Wildman–Crippen MR) is 82.0 cm³/mol. The van der Waals surface area contributed by atoms with Crippen molar-refractivity contribution in [2.75, 3.05) is 13.2 Å². The molecule has 2 aromatic carbocycles. The quantitative estimate of drug-likeness (QED) is 0.679. The average molecular weight is 302 g/mol. The van der Waals surface area contributed by atoms with Gasteiger partial charge in [0.15, 0.2) is 0 Å². The highest BCUT2D eigenvalue weighted by Crippen LogP contribution is 2.07. The van der Waals surface area contributed by atoms with Gasteiger partial charge in [-0.3, -0.25) is 4.79 Å². The predicted octanol–water partition coefficient (Wildman–Crippen LogP) is 3.01. The fraction of sp³-hybridized carbons (Fsp3) is 0.176. The topological polar surface area (TPSA) is 72.8 Å². The zero-order chi connectivity index (χ0) is 16.2. The maximum atomic E-state index is 10.4. The number of carboxylic acids is 1. The molecule has 0 atom stereocenters. The van der Waals surface area contributed by atoms with Crippen LogP contribution in [0.1, 0.15) is 17.3 Å². The van der Waals surface area contributed by atoms with E-state index in [1.54, 1.807) is 30.3 Å². The summed E-state index contributed by atoms with van der Waals surface area (Å²) < 4.78 is 9.98. The van der Waals surface area contributed by atoms with E-state index in [-0.39, 0.29) is 5.97 Å². The van der Waals surface area contributed by atoms with E-state index in [0.29, 0.717) is 18.8 Å². The molecule has 1 N–H and O–H groups in total. The Kier molecular flexibility index (Phi) is 7.82. The van der Waals surface area contributed by atoms with Gasteiger partial charge >= 0.3 is 11.9 Å². The van der Waals surface area contributed by atoms with E-state index in [1.165, 1.54) is 6.92 Å². The van der Waals surface area contributed by atoms with Gasteiger partial charge in [-0.1, -0.05) is 36.4 Å². The maximum Gasteiger partial charge on any atom is 0.335 e. The molecular formula is C17H18O5. The molecule has 22 heavy (non-hydrogen) atoms. The van der Waals surface area contributed by atoms with E-state index in [4.69, 9.17) is 14.6 Å². The summed E-state index contributed by atoms with van der Waals surface area (Å²) in [5, 5.41) is 8.38. The van der Waals surface area contributed by atoms with Crippen LogP contribution in [-0.4, -0.2) is 30.3 Å². The number of ether oxygens (including phenoxy) is 2. The Bertz CT molecular complexity index is 566. The molecule has 2 aromatic rings. The summed E-state index contributed by atoms with van der Waals surface area (Å²) in [4.78, 5) is 20.6. The summed E-state index contributed by atoms with van der Waals surface area (Å²) in [7, 11) is 0. The molecule has 2 rings (SSSR count). The number of hydrogen-bond acceptors (Lipinski definition) is 4. The van der Waals surface area contributed by atoms with Crippen LogP contribution in [0.5, 0.6) is 5.75 Å². The van der Waals surface area contributed by atoms with Gasteiger partial charge in [-0.15, -0.1) is 0 Å². The van der Waals surface area contributed by atoms with Crippen molar-refractivity contribution in [3.8, 4) is 5.75 Å². The number of carboxylic acid groups (broad SMARTS) is 1. The smallest absolute Gasteiger partial charge is 0.335 e. The van der Waals surface area contributed by atoms with Gasteiger partial charge in [0.2, 0.25) is 0 Å². The average Bonchev–Trinajstić information content (AvgIpc) is 2.54. The minimum absolute atomic E-state index is 0.281. The van der Waals surface area contributed by atoms with Crippen LogP contribution in [-0.2, 0) is 9.53 Å². The highest BCUT2D eigenvalue weighted by Gasteiger charge is 1.96. The second kappa shape index (κ2) is 9.99. The second-order valence-corrected chi connectivity index (χ2v) is 4.17. The van der Waals surface area contributed by atoms with Gasteiger partial charge in [0.25, 0.3) is 0 Å². The third-order valence-corrected chi connectivity index (χ3v) is 2.42. The number of esters is 1. The molecule has 0 fully saturated rings. The minimum Gasteiger partial charge on any atom is -0.490 e. The fourth-order valence-corrected chi connectivity index (χ4v) is 1.44. The van der Waals surface area contributed by atoms with E-state index in [2.05, 4.69) is 0 Å². The molecule has 0 aliphatic rings. The number of rotatable bonds is 5. The van der Waals surface area contributed by atoms with Crippen molar-refractivity contribution < 1.29 is 24.2 Å². The lowest BCUT2D eigenvalue weighted by atomic mass is 10.2. The van der Waals surface area contributed by atoms with Crippen LogP contribution in [0.2, 0.25) is 0 Å². The normalized spacial score (nSPS) is 9.14. The molecule has 116 valence electrons. The molecule has 0 amide bonds. The van der Waals surface area contributed by atoms with E-state index in [1.807, 2.05) is 30.3 Å². The van der Waals surface area contributed by atoms with Crippen LogP contribution in [0.15, 0.2) is 60.7 Å². The Morgan fingerprint density at radius 1 is 0.909 bits per heavy atom. The molecule has 0 heterocycles. The van der Waals surface area contributed by atoms with Gasteiger partial charge in [0, 0.05) is 6.92 Å². The van der Waals surface area contributed by atoms with Crippen LogP contribution >= 0.6 is 0 Å². The molecule has 0 aromatic heterocycles. The van der Waals surface area contributed by atoms with Gasteiger partial charge in [0.1, 0.15) is 19.0 Å². The minimum atomic E-state index is -0.879. The van der Waals surface area contributed by atoms with Crippen molar-refractivity contribution >= 4 is 11.9 Å². The number of carbonyl (C=O) groups excluding carboxylic acids is 1. The molecular weight excluding hydrogens is 284 g/mol. The molecule has 0 unspecified atom stereocenters. The summed E-state index contributed by atoms with van der Waals surface area (Å²) in [5.74, 6) is -0.373. The van der Waals surface area contributed by atoms with Crippen molar-refractivity contribution in [3.05, 3.63) is 66.2 Å². The summed E-state index contributed by atoms with van der Waals surface area (Å²) in [6, 6.07) is 17.7. The highest BCUT2D eigenvalue weighted by atomic mass is 16.6. The highest BCUT2D eigenvalue weighted by molar-refractivity contribution is 5.87. The summed E-state index contributed by atoms with van der Waals surface area (Å²) in [6.07, 6.45) is 0. The maximum absolute atomic E-state index is 10.4. The Labute approximate surface area is 129 Å². The van der Waals surface area contributed by atoms with Crippen LogP contribution in [0.3, 0.4) is 0 Å². The van der Waals surface area contributed by atoms with Gasteiger partial charge in [0.05, 0.1) is 5.56 Å². The third kappa shape index (κ3) is 7.69. The Hall–Kier alpha value is -2.82. The molecule has 0 bridgehead atoms. The molecule has 0 aliphatic heterocycles. The fourth-order valence-electron chi connectivity index (χ4n) is 1.44. The van der Waals surface area contributed by atoms with Gasteiger partial charge in [-0.2, -0.15) is 0 Å². The lowest BCUT2D eigenvalue weighted by Crippen LogP contribution is -2.09. The zero-order valence-electron chi connectivity index (χ0n) is 12.3. The summed E-state index contributed by atoms with van der Waals surface area (Å²) in [6.45, 7) is 2.07. The second-order valence-electron chi connectivity index (χ2n) is 4.17. The van der Waals surface area contributed by atoms with Crippen molar-refractivity contribution in [2.45, 2.75) is 6.92 Å². The summed E-state index contributed by atoms with van der Waals surface area (Å²) in [5.41, 5.74) is 0.331. The first-order valence-corrected chi connectivity index (χ1v) is 6.69. The lowest BCUT2D eigenvalue weighted by molar-refractivity contribution is -0.141. The van der Waals surface area contributed by atoms with Gasteiger partial charge < -0.3 is 14.6 Å². The molecule has 0 radical (unpaired) electrons. The van der Waals surface area contributed by atoms with Crippen molar-refractivity contribution in [1.29, 1.82) is 0 Å². The number of aromatic carboxylic acids is 1. The number of hydrogen-bond donors (Lipinski definition) is 1. The third-order valence-electron chi connectivity index (χ3n) is 2.42. The van der Waals surface area contributed by atoms with Crippen LogP contribution in [0.4, 0.5) is 0 Å². The van der Waals surface area contributed by atoms with Crippen molar-refractivity contribution in [2.24, 2.45) is 0 Å². The van der Waals surface area contributed by atoms with E-state index in [9.17, 15) is 9.59 Å². The number of para-hydroxylation sites is 1. The first kappa shape index (κ1) is 17.2. The summed E-state index contributed by atoms with van der Waals surface area (Å²) >= 11 is 0. The number of benzene rings is 2. The first-order valence-electron chi connectivity index (χ1n) is 6.69. The van der Waals surface area contributed by atoms with Crippen LogP contribution in [0.25, 0.3) is 0 Å². The molecule has 5 heteroatoms. The standard InChI is InChI=1S/C10H12O3.C7H6O2/c1-9(11)12-7-8-13-10-5-3-2-4-6-10;8-7(9)6-4-2-1-3-5-6/h2-6H,7-8H2,1H3;1-5H,(H,8,9). The van der Waals surface area contributed by atoms with E-state index < -0.39 is 5.97 Å². The van der Waals surface area contributed by atoms with E-state index >= 15 is 0 Å². The first-order chi connectivity index (χ1) is 10.6. The van der Waals surface area contributed by atoms with Gasteiger partial charge in [-0.05, 0) is 24.3 Å². The largest absolute Gasteiger partial charge is 0.490 e. The van der Waals surface area contributed by atoms with Gasteiger partial charge in [-0.25, -0.2) is 4.79 Å². The Balaban J connectivity index is 0.000000235. The SMILES string of the molecule is CC(=O)OCCOc1ccccc1.O=C(O)c1ccccc1. The molecule has 5 nitrogen and oxygen atoms in total. The monoisotopic (exact) mass is 302 g/mol. The molecule has 0 spiro atoms. The lowest BCUT2D eigenvalue weighted by Gasteiger charge is -2.05. The molecule has 0 saturated heterocycles. The molecule has 0 saturated carbocycles. The molecule has 0 aliphatic carbocycles.